The molecule has 55 heavy (non-hydrogen) atoms. The standard InChI is InChI=1S/C43H71N4O5P.CH3I/c1-29(2)12-10-13-32(7)37-16-17-38-36-15-14-33-26-34(18-21-42(33,8)39(36)19-22-43(37,38)9)45-50-28-40(48)41(49)46-24-20-35(27-46)52-53(51-25-11-23-44)47(30(3)4)31(5)6;1-2/h14,29-32,35-39H,10-13,15-22,24-28H2,1-9H3;1H3/b45-34+;/t32-,35?,36?,37?,38?,39?,42?,43?,53?;/m1./s1. The van der Waals surface area contributed by atoms with E-state index in [4.69, 9.17) is 19.1 Å². The number of Topliss-reactive ketones (excluding diaryl/α,β-unsaturated/α-hetero) is 1. The van der Waals surface area contributed by atoms with E-state index in [1.807, 2.05) is 4.93 Å². The maximum atomic E-state index is 13.1. The Labute approximate surface area is 349 Å². The Morgan fingerprint density at radius 3 is 2.44 bits per heavy atom. The van der Waals surface area contributed by atoms with Crippen LogP contribution in [0.1, 0.15) is 146 Å². The Morgan fingerprint density at radius 1 is 1.04 bits per heavy atom. The average Bonchev–Trinajstić information content (AvgIpc) is 3.76. The largest absolute Gasteiger partial charge is 0.387 e. The second-order valence-corrected chi connectivity index (χ2v) is 20.0. The highest BCUT2D eigenvalue weighted by Crippen LogP contribution is 2.67. The molecule has 1 aliphatic heterocycles. The second-order valence-electron chi connectivity index (χ2n) is 18.6. The van der Waals surface area contributed by atoms with E-state index >= 15 is 0 Å². The normalized spacial score (nSPS) is 32.0. The first-order valence-corrected chi connectivity index (χ1v) is 24.8. The molecule has 1 saturated heterocycles. The molecular formula is C44H74IN4O5P. The molecule has 3 saturated carbocycles. The highest BCUT2D eigenvalue weighted by atomic mass is 127. The van der Waals surface area contributed by atoms with Gasteiger partial charge in [-0.15, -0.1) is 0 Å². The van der Waals surface area contributed by atoms with E-state index in [1.54, 1.807) is 4.90 Å². The van der Waals surface area contributed by atoms with E-state index in [2.05, 4.69) is 107 Å². The van der Waals surface area contributed by atoms with Gasteiger partial charge in [0.15, 0.2) is 6.61 Å². The van der Waals surface area contributed by atoms with E-state index in [-0.39, 0.29) is 36.6 Å². The molecule has 1 amide bonds. The van der Waals surface area contributed by atoms with Crippen molar-refractivity contribution in [2.45, 2.75) is 164 Å². The van der Waals surface area contributed by atoms with Crippen LogP contribution in [0.25, 0.3) is 0 Å². The van der Waals surface area contributed by atoms with Gasteiger partial charge in [-0.1, -0.05) is 93.3 Å². The van der Waals surface area contributed by atoms with Crippen LogP contribution in [0.15, 0.2) is 16.8 Å². The fraction of sp³-hybridized carbons (Fsp3) is 0.864. The zero-order valence-electron chi connectivity index (χ0n) is 35.9. The van der Waals surface area contributed by atoms with Gasteiger partial charge in [0, 0.05) is 31.6 Å². The molecule has 5 rings (SSSR count). The fourth-order valence-corrected chi connectivity index (χ4v) is 13.2. The molecule has 9 nitrogen and oxygen atoms in total. The van der Waals surface area contributed by atoms with Crippen LogP contribution in [0.2, 0.25) is 0 Å². The van der Waals surface area contributed by atoms with Gasteiger partial charge in [0.1, 0.15) is 0 Å². The molecule has 0 bridgehead atoms. The highest BCUT2D eigenvalue weighted by Gasteiger charge is 2.59. The van der Waals surface area contributed by atoms with Crippen molar-refractivity contribution in [3.05, 3.63) is 11.6 Å². The van der Waals surface area contributed by atoms with Crippen molar-refractivity contribution in [2.75, 3.05) is 31.2 Å². The third-order valence-corrected chi connectivity index (χ3v) is 16.3. The van der Waals surface area contributed by atoms with Gasteiger partial charge in [0.25, 0.3) is 20.2 Å². The molecule has 8 unspecified atom stereocenters. The highest BCUT2D eigenvalue weighted by molar-refractivity contribution is 14.1. The summed E-state index contributed by atoms with van der Waals surface area (Å²) in [6.45, 7) is 21.6. The average molecular weight is 897 g/mol. The van der Waals surface area contributed by atoms with Crippen LogP contribution in [0.3, 0.4) is 0 Å². The minimum atomic E-state index is -1.41. The predicted molar refractivity (Wildman–Crippen MR) is 233 cm³/mol. The molecule has 9 atom stereocenters. The Balaban J connectivity index is 0.00000331. The Hall–Kier alpha value is -1.12. The molecule has 4 fully saturated rings. The number of alkyl halides is 1. The minimum absolute atomic E-state index is 0.188. The lowest BCUT2D eigenvalue weighted by Gasteiger charge is -2.58. The van der Waals surface area contributed by atoms with Gasteiger partial charge < -0.3 is 18.8 Å². The number of nitriles is 1. The number of hydrogen-bond donors (Lipinski definition) is 0. The van der Waals surface area contributed by atoms with Crippen LogP contribution in [0.4, 0.5) is 0 Å². The van der Waals surface area contributed by atoms with Crippen molar-refractivity contribution in [3.8, 4) is 6.07 Å². The van der Waals surface area contributed by atoms with Crippen LogP contribution < -0.4 is 0 Å². The lowest BCUT2D eigenvalue weighted by Crippen LogP contribution is -2.50. The van der Waals surface area contributed by atoms with E-state index in [9.17, 15) is 9.59 Å². The van der Waals surface area contributed by atoms with Crippen LogP contribution in [0, 0.1) is 57.7 Å². The first-order chi connectivity index (χ1) is 26.2. The third kappa shape index (κ3) is 11.1. The number of rotatable bonds is 17. The van der Waals surface area contributed by atoms with E-state index in [0.717, 1.165) is 60.5 Å². The molecule has 1 heterocycles. The number of fused-ring (bicyclic) bond motifs is 5. The summed E-state index contributed by atoms with van der Waals surface area (Å²) in [7, 11) is -1.41. The molecule has 0 N–H and O–H groups in total. The Kier molecular flexibility index (Phi) is 18.0. The summed E-state index contributed by atoms with van der Waals surface area (Å²) in [6, 6.07) is 2.50. The number of hydrogen-bond acceptors (Lipinski definition) is 8. The quantitative estimate of drug-likeness (QED) is 0.0272. The van der Waals surface area contributed by atoms with Crippen LogP contribution in [-0.2, 0) is 23.5 Å². The predicted octanol–water partition coefficient (Wildman–Crippen LogP) is 10.9. The van der Waals surface area contributed by atoms with Gasteiger partial charge in [-0.3, -0.25) is 9.59 Å². The van der Waals surface area contributed by atoms with Crippen molar-refractivity contribution in [3.63, 3.8) is 0 Å². The molecule has 5 aliphatic rings. The first-order valence-electron chi connectivity index (χ1n) is 21.5. The zero-order chi connectivity index (χ0) is 40.5. The van der Waals surface area contributed by atoms with Crippen molar-refractivity contribution < 1.29 is 23.5 Å². The van der Waals surface area contributed by atoms with Crippen molar-refractivity contribution in [2.24, 2.45) is 51.5 Å². The lowest BCUT2D eigenvalue weighted by molar-refractivity contribution is -0.146. The first kappa shape index (κ1) is 46.6. The summed E-state index contributed by atoms with van der Waals surface area (Å²) in [5, 5.41) is 13.4. The number of carbonyl (C=O) groups excluding carboxylic acids is 2. The van der Waals surface area contributed by atoms with Gasteiger partial charge in [-0.25, -0.2) is 4.67 Å². The SMILES string of the molecule is CC(C)CCC[C@@H](C)C1CCC2C3CC=C4C/C(=N/OCC(=O)C(=O)N5CCC(OP(OCCC#N)N(C(C)C)C(C)C)C5)CCC4(C)C3CCC21C.CI. The number of allylic oxidation sites excluding steroid dienone is 2. The maximum absolute atomic E-state index is 13.1. The number of ketones is 1. The van der Waals surface area contributed by atoms with Gasteiger partial charge in [-0.05, 0) is 130 Å². The number of likely N-dealkylation sites (tertiary alicyclic amines) is 1. The Bertz CT molecular complexity index is 1380. The molecule has 0 aromatic carbocycles. The number of halogens is 1. The third-order valence-electron chi connectivity index (χ3n) is 14.1. The maximum Gasteiger partial charge on any atom is 0.293 e. The lowest BCUT2D eigenvalue weighted by atomic mass is 9.47. The monoisotopic (exact) mass is 896 g/mol. The summed E-state index contributed by atoms with van der Waals surface area (Å²) in [6.07, 6.45) is 16.8. The molecule has 0 spiro atoms. The molecule has 11 heteroatoms. The summed E-state index contributed by atoms with van der Waals surface area (Å²) >= 11 is 2.15. The second kappa shape index (κ2) is 21.2. The molecular weight excluding hydrogens is 822 g/mol. The summed E-state index contributed by atoms with van der Waals surface area (Å²) in [5.41, 5.74) is 3.21. The fourth-order valence-electron chi connectivity index (χ4n) is 11.4. The summed E-state index contributed by atoms with van der Waals surface area (Å²) < 4.78 is 14.6. The van der Waals surface area contributed by atoms with Crippen LogP contribution >= 0.6 is 31.1 Å². The van der Waals surface area contributed by atoms with Crippen molar-refractivity contribution >= 4 is 48.5 Å². The zero-order valence-corrected chi connectivity index (χ0v) is 39.0. The topological polar surface area (TPSA) is 104 Å². The molecule has 0 radical (unpaired) electrons. The van der Waals surface area contributed by atoms with Gasteiger partial charge in [-0.2, -0.15) is 5.26 Å². The number of nitrogens with zero attached hydrogens (tertiary/aromatic N) is 4. The summed E-state index contributed by atoms with van der Waals surface area (Å²) in [4.78, 5) is 35.2. The van der Waals surface area contributed by atoms with Crippen molar-refractivity contribution in [1.29, 1.82) is 5.26 Å². The number of carbonyl (C=O) groups is 2. The number of amides is 1. The van der Waals surface area contributed by atoms with Crippen LogP contribution in [-0.4, -0.2) is 76.4 Å². The smallest absolute Gasteiger partial charge is 0.293 e. The van der Waals surface area contributed by atoms with Crippen molar-refractivity contribution in [1.82, 2.24) is 9.57 Å². The van der Waals surface area contributed by atoms with Gasteiger partial charge in [0.2, 0.25) is 0 Å². The molecule has 0 aromatic heterocycles. The minimum Gasteiger partial charge on any atom is -0.387 e. The van der Waals surface area contributed by atoms with Gasteiger partial charge in [0.05, 0.1) is 30.9 Å². The molecule has 0 aromatic rings. The molecule has 4 aliphatic carbocycles. The molecule has 312 valence electrons. The van der Waals surface area contributed by atoms with E-state index in [1.165, 1.54) is 56.9 Å². The van der Waals surface area contributed by atoms with Crippen LogP contribution in [0.5, 0.6) is 0 Å². The summed E-state index contributed by atoms with van der Waals surface area (Å²) in [5.74, 6) is 3.74. The van der Waals surface area contributed by atoms with Gasteiger partial charge >= 0.3 is 0 Å². The van der Waals surface area contributed by atoms with E-state index in [0.29, 0.717) is 31.5 Å². The van der Waals surface area contributed by atoms with E-state index < -0.39 is 20.2 Å². The Morgan fingerprint density at radius 2 is 1.76 bits per heavy atom. The number of oxime groups is 1.